The molecular formula is C66H36Br6Cl2IN3. The minimum atomic E-state index is 0.752. The van der Waals surface area contributed by atoms with E-state index < -0.39 is 0 Å². The lowest BCUT2D eigenvalue weighted by Crippen LogP contribution is -1.96. The minimum Gasteiger partial charge on any atom is -0.355 e. The van der Waals surface area contributed by atoms with Crippen molar-refractivity contribution in [3.63, 3.8) is 0 Å². The van der Waals surface area contributed by atoms with Crippen LogP contribution in [0.4, 0.5) is 0 Å². The molecule has 12 aromatic carbocycles. The van der Waals surface area contributed by atoms with Crippen LogP contribution in [0, 0.1) is 3.57 Å². The number of aromatic nitrogens is 3. The van der Waals surface area contributed by atoms with Crippen molar-refractivity contribution in [2.75, 3.05) is 0 Å². The summed E-state index contributed by atoms with van der Waals surface area (Å²) < 4.78 is 12.5. The molecule has 0 aliphatic carbocycles. The highest BCUT2D eigenvalue weighted by molar-refractivity contribution is 14.1. The average Bonchev–Trinajstić information content (AvgIpc) is 4.28. The average molecular weight is 1550 g/mol. The van der Waals surface area contributed by atoms with E-state index in [2.05, 4.69) is 308 Å². The lowest BCUT2D eigenvalue weighted by Gasteiger charge is -2.13. The summed E-state index contributed by atoms with van der Waals surface area (Å²) in [5.74, 6) is 0. The third-order valence-corrected chi connectivity index (χ3v) is 19.5. The highest BCUT2D eigenvalue weighted by Gasteiger charge is 2.19. The van der Waals surface area contributed by atoms with Crippen LogP contribution in [-0.2, 0) is 0 Å². The molecule has 3 nitrogen and oxygen atoms in total. The molecule has 0 atom stereocenters. The Labute approximate surface area is 521 Å². The van der Waals surface area contributed by atoms with Gasteiger partial charge in [-0.3, -0.25) is 0 Å². The predicted octanol–water partition coefficient (Wildman–Crippen LogP) is 24.6. The lowest BCUT2D eigenvalue weighted by molar-refractivity contribution is 1.20. The zero-order chi connectivity index (χ0) is 53.5. The van der Waals surface area contributed by atoms with Crippen LogP contribution in [0.2, 0.25) is 10.0 Å². The fraction of sp³-hybridized carbons (Fsp3) is 0. The van der Waals surface area contributed by atoms with Crippen molar-refractivity contribution >= 4 is 255 Å². The van der Waals surface area contributed by atoms with E-state index in [0.717, 1.165) is 64.2 Å². The molecule has 4 aromatic heterocycles. The van der Waals surface area contributed by atoms with Crippen molar-refractivity contribution in [1.29, 1.82) is 0 Å². The van der Waals surface area contributed by atoms with Crippen LogP contribution in [0.25, 0.3) is 120 Å². The van der Waals surface area contributed by atoms with Gasteiger partial charge in [-0.05, 0) is 159 Å². The first-order valence-electron chi connectivity index (χ1n) is 24.6. The van der Waals surface area contributed by atoms with Gasteiger partial charge in [0, 0.05) is 100 Å². The Kier molecular flexibility index (Phi) is 14.4. The first kappa shape index (κ1) is 52.4. The van der Waals surface area contributed by atoms with Gasteiger partial charge in [-0.25, -0.2) is 0 Å². The Balaban J connectivity index is 0.000000103. The lowest BCUT2D eigenvalue weighted by atomic mass is 9.99. The second-order valence-electron chi connectivity index (χ2n) is 18.8. The summed E-state index contributed by atoms with van der Waals surface area (Å²) in [7, 11) is 0. The number of rotatable bonds is 1. The highest BCUT2D eigenvalue weighted by Crippen LogP contribution is 2.44. The zero-order valence-corrected chi connectivity index (χ0v) is 53.7. The Morgan fingerprint density at radius 2 is 0.808 bits per heavy atom. The molecule has 0 bridgehead atoms. The minimum absolute atomic E-state index is 0.752. The fourth-order valence-corrected chi connectivity index (χ4v) is 15.0. The Morgan fingerprint density at radius 3 is 1.53 bits per heavy atom. The number of nitrogens with one attached hydrogen (secondary N) is 1. The number of pyridine rings is 1. The van der Waals surface area contributed by atoms with E-state index in [-0.39, 0.29) is 0 Å². The molecule has 0 aliphatic heterocycles. The van der Waals surface area contributed by atoms with Gasteiger partial charge in [-0.15, -0.1) is 0 Å². The predicted molar refractivity (Wildman–Crippen MR) is 366 cm³/mol. The maximum absolute atomic E-state index is 6.64. The van der Waals surface area contributed by atoms with Crippen molar-refractivity contribution in [2.24, 2.45) is 0 Å². The SMILES string of the molecule is Brc1ccc2[nH]c3ccccc3c2c1.Brc1ccc2c(c1)c1cccc3c4ccc(Br)c5cccc(c54)n2c31.Clc1ccc(Br)c2cccc(-n3c4ccccc4c4cc(Br)ccc43)c12.Clc1ccc(Br)c2cccc(I)c12. The Bertz CT molecular complexity index is 5060. The Morgan fingerprint density at radius 1 is 0.333 bits per heavy atom. The maximum Gasteiger partial charge on any atom is 0.0619 e. The highest BCUT2D eigenvalue weighted by atomic mass is 127. The molecule has 16 rings (SSSR count). The number of aromatic amines is 1. The standard InChI is InChI=1S/C22H12Br2ClN.C22H11Br2N.C12H8BrN.C10H5BrClI/c23-13-8-11-20-16(12-13)14-4-1-2-6-19(14)26(20)21-7-3-5-15-17(24)9-10-18(25)22(15)21;23-12-7-10-19-17(11-12)15-4-1-3-14-13-8-9-18(24)16-5-2-6-20(21(13)16)25(19)22(14)15;13-8-5-6-12-10(7-8)9-3-1-2-4-11(9)14-12;11-7-4-5-8(12)10-6(7)2-1-3-9(10)13/h1-12H;1-11H;1-7,14H;1-5H. The molecular weight excluding hydrogens is 1510 g/mol. The van der Waals surface area contributed by atoms with E-state index >= 15 is 0 Å². The molecule has 16 aromatic rings. The molecule has 0 radical (unpaired) electrons. The molecule has 0 saturated heterocycles. The van der Waals surface area contributed by atoms with E-state index in [1.54, 1.807) is 0 Å². The van der Waals surface area contributed by atoms with Gasteiger partial charge in [-0.1, -0.05) is 216 Å². The normalized spacial score (nSPS) is 11.7. The maximum atomic E-state index is 6.64. The van der Waals surface area contributed by atoms with Gasteiger partial charge in [0.15, 0.2) is 0 Å². The van der Waals surface area contributed by atoms with Crippen LogP contribution in [0.1, 0.15) is 0 Å². The summed E-state index contributed by atoms with van der Waals surface area (Å²) in [5, 5.41) is 18.8. The summed E-state index contributed by atoms with van der Waals surface area (Å²) in [6.45, 7) is 0. The number of benzene rings is 12. The number of para-hydroxylation sites is 3. The van der Waals surface area contributed by atoms with Crippen LogP contribution in [0.3, 0.4) is 0 Å². The first-order chi connectivity index (χ1) is 37.9. The summed E-state index contributed by atoms with van der Waals surface area (Å²) in [6, 6.07) is 74.0. The smallest absolute Gasteiger partial charge is 0.0619 e. The van der Waals surface area contributed by atoms with Gasteiger partial charge in [-0.2, -0.15) is 0 Å². The van der Waals surface area contributed by atoms with E-state index in [9.17, 15) is 0 Å². The van der Waals surface area contributed by atoms with Gasteiger partial charge in [0.2, 0.25) is 0 Å². The summed E-state index contributed by atoms with van der Waals surface area (Å²) in [6.07, 6.45) is 0. The third-order valence-electron chi connectivity index (χ3n) is 14.4. The van der Waals surface area contributed by atoms with Crippen LogP contribution in [-0.4, -0.2) is 14.0 Å². The van der Waals surface area contributed by atoms with Crippen LogP contribution >= 0.6 is 141 Å². The molecule has 0 amide bonds. The van der Waals surface area contributed by atoms with Crippen molar-refractivity contribution < 1.29 is 0 Å². The van der Waals surface area contributed by atoms with Crippen LogP contribution in [0.5, 0.6) is 0 Å². The van der Waals surface area contributed by atoms with Gasteiger partial charge >= 0.3 is 0 Å². The van der Waals surface area contributed by atoms with Gasteiger partial charge in [0.05, 0.1) is 38.3 Å². The molecule has 378 valence electrons. The van der Waals surface area contributed by atoms with E-state index in [1.807, 2.05) is 36.4 Å². The summed E-state index contributed by atoms with van der Waals surface area (Å²) >= 11 is 36.7. The molecule has 12 heteroatoms. The van der Waals surface area contributed by atoms with Crippen molar-refractivity contribution in [1.82, 2.24) is 14.0 Å². The van der Waals surface area contributed by atoms with Crippen LogP contribution in [0.15, 0.2) is 239 Å². The van der Waals surface area contributed by atoms with E-state index in [4.69, 9.17) is 23.2 Å². The molecule has 78 heavy (non-hydrogen) atoms. The number of hydrogen-bond donors (Lipinski definition) is 1. The number of nitrogens with zero attached hydrogens (tertiary/aromatic N) is 2. The Hall–Kier alpha value is -4.99. The second kappa shape index (κ2) is 21.5. The monoisotopic (exact) mass is 1540 g/mol. The van der Waals surface area contributed by atoms with Gasteiger partial charge in [0.1, 0.15) is 0 Å². The molecule has 4 heterocycles. The van der Waals surface area contributed by atoms with Crippen molar-refractivity contribution in [3.8, 4) is 5.69 Å². The van der Waals surface area contributed by atoms with Crippen molar-refractivity contribution in [3.05, 3.63) is 253 Å². The second-order valence-corrected chi connectivity index (χ2v) is 26.1. The zero-order valence-electron chi connectivity index (χ0n) is 40.5. The first-order valence-corrected chi connectivity index (χ1v) is 31.2. The number of hydrogen-bond acceptors (Lipinski definition) is 0. The quantitative estimate of drug-likeness (QED) is 0.0963. The molecule has 0 spiro atoms. The molecule has 0 fully saturated rings. The molecule has 0 aliphatic rings. The van der Waals surface area contributed by atoms with E-state index in [1.165, 1.54) is 95.9 Å². The molecule has 0 saturated carbocycles. The third kappa shape index (κ3) is 9.15. The number of H-pyrrole nitrogens is 1. The summed E-state index contributed by atoms with van der Waals surface area (Å²) in [5.41, 5.74) is 9.62. The summed E-state index contributed by atoms with van der Waals surface area (Å²) in [4.78, 5) is 3.38. The number of halogens is 9. The van der Waals surface area contributed by atoms with E-state index in [0.29, 0.717) is 0 Å². The number of fused-ring (bicyclic) bond motifs is 13. The van der Waals surface area contributed by atoms with Crippen LogP contribution < -0.4 is 0 Å². The van der Waals surface area contributed by atoms with Gasteiger partial charge in [0.25, 0.3) is 0 Å². The molecule has 1 N–H and O–H groups in total. The topological polar surface area (TPSA) is 25.1 Å². The molecule has 0 unspecified atom stereocenters. The fourth-order valence-electron chi connectivity index (χ4n) is 11.1. The van der Waals surface area contributed by atoms with Crippen molar-refractivity contribution in [2.45, 2.75) is 0 Å². The van der Waals surface area contributed by atoms with Gasteiger partial charge < -0.3 is 14.0 Å². The largest absolute Gasteiger partial charge is 0.355 e.